The van der Waals surface area contributed by atoms with Gasteiger partial charge in [0.25, 0.3) is 0 Å². The van der Waals surface area contributed by atoms with Crippen LogP contribution in [0.4, 0.5) is 0 Å². The molecule has 0 fully saturated rings. The Hall–Kier alpha value is -0.490. The Morgan fingerprint density at radius 2 is 1.33 bits per heavy atom. The molecular formula is C17H35N2O6P2+. The fraction of sp³-hybridized carbons (Fsp3) is 0.824. The molecule has 0 amide bonds. The van der Waals surface area contributed by atoms with Crippen molar-refractivity contribution in [2.45, 2.75) is 89.6 Å². The number of hydrogen-bond acceptors (Lipinski definition) is 2. The Bertz CT molecular complexity index is 603. The Balaban J connectivity index is 2.27. The highest BCUT2D eigenvalue weighted by Crippen LogP contribution is 2.60. The second kappa shape index (κ2) is 12.2. The third-order valence-electron chi connectivity index (χ3n) is 4.67. The van der Waals surface area contributed by atoms with Crippen molar-refractivity contribution in [1.82, 2.24) is 4.57 Å². The van der Waals surface area contributed by atoms with Crippen LogP contribution in [-0.4, -0.2) is 29.5 Å². The van der Waals surface area contributed by atoms with Crippen LogP contribution >= 0.6 is 15.2 Å². The van der Waals surface area contributed by atoms with Crippen LogP contribution in [0, 0.1) is 0 Å². The van der Waals surface area contributed by atoms with Gasteiger partial charge in [0.05, 0.1) is 6.54 Å². The minimum Gasteiger partial charge on any atom is -0.324 e. The Labute approximate surface area is 161 Å². The number of imidazole rings is 1. The van der Waals surface area contributed by atoms with Gasteiger partial charge in [-0.3, -0.25) is 9.13 Å². The molecule has 0 aliphatic rings. The van der Waals surface area contributed by atoms with Crippen LogP contribution in [0.1, 0.15) is 71.1 Å². The van der Waals surface area contributed by atoms with E-state index >= 15 is 0 Å². The van der Waals surface area contributed by atoms with Crippen LogP contribution in [-0.2, 0) is 22.2 Å². The monoisotopic (exact) mass is 425 g/mol. The van der Waals surface area contributed by atoms with Gasteiger partial charge in [-0.1, -0.05) is 58.3 Å². The molecule has 0 aliphatic heterocycles. The lowest BCUT2D eigenvalue weighted by Crippen LogP contribution is -2.31. The lowest BCUT2D eigenvalue weighted by molar-refractivity contribution is -0.696. The smallest absolute Gasteiger partial charge is 0.324 e. The van der Waals surface area contributed by atoms with Crippen LogP contribution in [0.15, 0.2) is 18.7 Å². The molecule has 1 aromatic rings. The maximum absolute atomic E-state index is 11.3. The summed E-state index contributed by atoms with van der Waals surface area (Å²) in [5.41, 5.74) is 0. The zero-order valence-corrected chi connectivity index (χ0v) is 18.0. The van der Waals surface area contributed by atoms with E-state index in [2.05, 4.69) is 6.92 Å². The minimum atomic E-state index is -4.89. The van der Waals surface area contributed by atoms with Gasteiger partial charge in [0.15, 0.2) is 5.40 Å². The Morgan fingerprint density at radius 1 is 0.852 bits per heavy atom. The first-order valence-electron chi connectivity index (χ1n) is 9.80. The highest BCUT2D eigenvalue weighted by molar-refractivity contribution is 7.70. The zero-order valence-electron chi connectivity index (χ0n) is 16.2. The molecule has 0 saturated heterocycles. The molecule has 0 aromatic carbocycles. The van der Waals surface area contributed by atoms with Crippen molar-refractivity contribution in [2.75, 3.05) is 0 Å². The summed E-state index contributed by atoms with van der Waals surface area (Å²) in [6.45, 7) is 2.58. The van der Waals surface area contributed by atoms with Crippen LogP contribution in [0.2, 0.25) is 0 Å². The largest absolute Gasteiger partial charge is 0.344 e. The molecule has 0 radical (unpaired) electrons. The average molecular weight is 425 g/mol. The fourth-order valence-corrected chi connectivity index (χ4v) is 5.43. The molecule has 1 aromatic heterocycles. The van der Waals surface area contributed by atoms with Gasteiger partial charge in [-0.05, 0) is 12.8 Å². The molecule has 27 heavy (non-hydrogen) atoms. The molecule has 1 rings (SSSR count). The van der Waals surface area contributed by atoms with Gasteiger partial charge < -0.3 is 19.6 Å². The highest BCUT2D eigenvalue weighted by Gasteiger charge is 2.45. The van der Waals surface area contributed by atoms with Gasteiger partial charge >= 0.3 is 15.2 Å². The van der Waals surface area contributed by atoms with Crippen LogP contribution in [0.3, 0.4) is 0 Å². The molecular weight excluding hydrogens is 390 g/mol. The van der Waals surface area contributed by atoms with Crippen molar-refractivity contribution in [1.29, 1.82) is 0 Å². The second-order valence-electron chi connectivity index (χ2n) is 7.19. The summed E-state index contributed by atoms with van der Waals surface area (Å²) in [4.78, 5) is 36.7. The molecule has 0 aliphatic carbocycles. The van der Waals surface area contributed by atoms with Gasteiger partial charge in [-0.25, -0.2) is 9.13 Å². The van der Waals surface area contributed by atoms with Crippen molar-refractivity contribution in [3.05, 3.63) is 18.7 Å². The van der Waals surface area contributed by atoms with E-state index < -0.39 is 27.1 Å². The topological polar surface area (TPSA) is 124 Å². The molecule has 4 N–H and O–H groups in total. The van der Waals surface area contributed by atoms with Crippen molar-refractivity contribution in [3.8, 4) is 0 Å². The van der Waals surface area contributed by atoms with Crippen molar-refractivity contribution < 1.29 is 33.3 Å². The quantitative estimate of drug-likeness (QED) is 0.194. The molecule has 158 valence electrons. The van der Waals surface area contributed by atoms with Crippen molar-refractivity contribution in [3.63, 3.8) is 0 Å². The number of nitrogens with zero attached hydrogens (tertiary/aromatic N) is 2. The van der Waals surface area contributed by atoms with E-state index in [1.165, 1.54) is 55.9 Å². The third-order valence-corrected chi connectivity index (χ3v) is 8.35. The molecule has 0 spiro atoms. The first kappa shape index (κ1) is 24.5. The summed E-state index contributed by atoms with van der Waals surface area (Å²) in [7, 11) is -9.79. The summed E-state index contributed by atoms with van der Waals surface area (Å²) >= 11 is 0. The Kier molecular flexibility index (Phi) is 11.0. The van der Waals surface area contributed by atoms with E-state index in [-0.39, 0.29) is 0 Å². The number of aryl methyl sites for hydroxylation is 1. The van der Waals surface area contributed by atoms with E-state index in [0.29, 0.717) is 0 Å². The summed E-state index contributed by atoms with van der Waals surface area (Å²) < 4.78 is 26.0. The standard InChI is InChI=1S/C17H34N2O6P2/c1-2-3-4-5-6-7-8-9-10-11-12-18-13-14-19(16-18)15-17(26(20,21)22)27(23,24)25/h13-14,16-17H,2-12,15H2,1H3,(H3-,20,21,22,23,24,25)/p+1. The Morgan fingerprint density at radius 3 is 1.81 bits per heavy atom. The van der Waals surface area contributed by atoms with E-state index in [1.54, 1.807) is 18.7 Å². The van der Waals surface area contributed by atoms with Crippen LogP contribution in [0.25, 0.3) is 0 Å². The molecule has 1 heterocycles. The second-order valence-corrected chi connectivity index (χ2v) is 11.2. The van der Waals surface area contributed by atoms with E-state index in [9.17, 15) is 28.7 Å². The maximum atomic E-state index is 11.3. The fourth-order valence-electron chi connectivity index (χ4n) is 3.06. The summed E-state index contributed by atoms with van der Waals surface area (Å²) in [5, 5.41) is -2.01. The molecule has 0 saturated carbocycles. The molecule has 0 atom stereocenters. The molecule has 0 unspecified atom stereocenters. The number of aromatic nitrogens is 2. The maximum Gasteiger partial charge on any atom is 0.344 e. The molecule has 8 nitrogen and oxygen atoms in total. The number of hydrogen-bond donors (Lipinski definition) is 4. The summed E-state index contributed by atoms with van der Waals surface area (Å²) in [6, 6.07) is 0. The van der Waals surface area contributed by atoms with Crippen molar-refractivity contribution in [2.24, 2.45) is 0 Å². The number of rotatable bonds is 15. The van der Waals surface area contributed by atoms with Gasteiger partial charge in [0.2, 0.25) is 6.33 Å². The van der Waals surface area contributed by atoms with Crippen molar-refractivity contribution >= 4 is 15.2 Å². The van der Waals surface area contributed by atoms with Crippen LogP contribution in [0.5, 0.6) is 0 Å². The lowest BCUT2D eigenvalue weighted by Gasteiger charge is -2.17. The first-order chi connectivity index (χ1) is 12.6. The third kappa shape index (κ3) is 10.6. The predicted molar refractivity (Wildman–Crippen MR) is 104 cm³/mol. The van der Waals surface area contributed by atoms with Gasteiger partial charge in [-0.2, -0.15) is 0 Å². The van der Waals surface area contributed by atoms with Gasteiger partial charge in [-0.15, -0.1) is 0 Å². The van der Waals surface area contributed by atoms with E-state index in [0.717, 1.165) is 19.4 Å². The first-order valence-corrected chi connectivity index (χ1v) is 13.2. The predicted octanol–water partition coefficient (Wildman–Crippen LogP) is 3.38. The average Bonchev–Trinajstić information content (AvgIpc) is 3.00. The van der Waals surface area contributed by atoms with Crippen LogP contribution < -0.4 is 4.57 Å². The summed E-state index contributed by atoms with van der Waals surface area (Å²) in [6.07, 6.45) is 17.4. The van der Waals surface area contributed by atoms with E-state index in [4.69, 9.17) is 0 Å². The SMILES string of the molecule is CCCCCCCCCCCC[n+]1ccn(CC(P(=O)(O)O)P(=O)(O)O)c1. The van der Waals surface area contributed by atoms with E-state index in [1.807, 2.05) is 4.57 Å². The minimum absolute atomic E-state index is 0.417. The highest BCUT2D eigenvalue weighted by atomic mass is 31.2. The zero-order chi connectivity index (χ0) is 20.3. The van der Waals surface area contributed by atoms with Gasteiger partial charge in [0, 0.05) is 0 Å². The number of unbranched alkanes of at least 4 members (excludes halogenated alkanes) is 9. The normalized spacial score (nSPS) is 12.8. The summed E-state index contributed by atoms with van der Waals surface area (Å²) in [5.74, 6) is 0. The van der Waals surface area contributed by atoms with Gasteiger partial charge in [0.1, 0.15) is 18.9 Å². The molecule has 0 bridgehead atoms. The molecule has 10 heteroatoms. The lowest BCUT2D eigenvalue weighted by atomic mass is 10.1.